The fraction of sp³-hybridized carbons (Fsp3) is 0.533. The Hall–Kier alpha value is -1.55. The van der Waals surface area contributed by atoms with Gasteiger partial charge in [0.15, 0.2) is 0 Å². The van der Waals surface area contributed by atoms with Crippen LogP contribution in [-0.4, -0.2) is 49.7 Å². The SMILES string of the molecule is CN(C)c1ccc(CCC(=O)N2CC(CO)C2)cc1. The highest BCUT2D eigenvalue weighted by Crippen LogP contribution is 2.17. The zero-order chi connectivity index (χ0) is 13.8. The summed E-state index contributed by atoms with van der Waals surface area (Å²) in [6.07, 6.45) is 1.34. The molecule has 1 saturated heterocycles. The van der Waals surface area contributed by atoms with Gasteiger partial charge in [-0.2, -0.15) is 0 Å². The molecule has 0 saturated carbocycles. The summed E-state index contributed by atoms with van der Waals surface area (Å²) >= 11 is 0. The van der Waals surface area contributed by atoms with E-state index < -0.39 is 0 Å². The van der Waals surface area contributed by atoms with E-state index in [1.165, 1.54) is 11.3 Å². The van der Waals surface area contributed by atoms with Crippen LogP contribution in [0.2, 0.25) is 0 Å². The van der Waals surface area contributed by atoms with Crippen LogP contribution in [0.4, 0.5) is 5.69 Å². The smallest absolute Gasteiger partial charge is 0.222 e. The van der Waals surface area contributed by atoms with Crippen molar-refractivity contribution in [3.05, 3.63) is 29.8 Å². The molecular formula is C15H22N2O2. The van der Waals surface area contributed by atoms with E-state index in [9.17, 15) is 4.79 Å². The third kappa shape index (κ3) is 3.47. The van der Waals surface area contributed by atoms with Gasteiger partial charge in [-0.1, -0.05) is 12.1 Å². The van der Waals surface area contributed by atoms with Crippen molar-refractivity contribution in [2.24, 2.45) is 5.92 Å². The molecule has 4 nitrogen and oxygen atoms in total. The van der Waals surface area contributed by atoms with Crippen molar-refractivity contribution in [2.45, 2.75) is 12.8 Å². The molecule has 1 N–H and O–H groups in total. The Morgan fingerprint density at radius 2 is 1.95 bits per heavy atom. The van der Waals surface area contributed by atoms with E-state index in [0.29, 0.717) is 12.3 Å². The highest BCUT2D eigenvalue weighted by atomic mass is 16.3. The molecule has 1 fully saturated rings. The molecule has 1 aromatic carbocycles. The first-order chi connectivity index (χ1) is 9.10. The monoisotopic (exact) mass is 262 g/mol. The van der Waals surface area contributed by atoms with Gasteiger partial charge in [-0.15, -0.1) is 0 Å². The predicted octanol–water partition coefficient (Wildman–Crippen LogP) is 1.14. The summed E-state index contributed by atoms with van der Waals surface area (Å²) in [6, 6.07) is 8.31. The molecule has 0 spiro atoms. The average molecular weight is 262 g/mol. The summed E-state index contributed by atoms with van der Waals surface area (Å²) in [4.78, 5) is 15.8. The second kappa shape index (κ2) is 6.06. The van der Waals surface area contributed by atoms with Gasteiger partial charge in [0.2, 0.25) is 5.91 Å². The van der Waals surface area contributed by atoms with Crippen LogP contribution in [0.5, 0.6) is 0 Å². The Morgan fingerprint density at radius 3 is 2.47 bits per heavy atom. The quantitative estimate of drug-likeness (QED) is 0.865. The lowest BCUT2D eigenvalue weighted by Crippen LogP contribution is -2.51. The van der Waals surface area contributed by atoms with Crippen molar-refractivity contribution in [2.75, 3.05) is 38.7 Å². The van der Waals surface area contributed by atoms with Gasteiger partial charge in [0.25, 0.3) is 0 Å². The topological polar surface area (TPSA) is 43.8 Å². The number of likely N-dealkylation sites (tertiary alicyclic amines) is 1. The van der Waals surface area contributed by atoms with E-state index in [4.69, 9.17) is 5.11 Å². The van der Waals surface area contributed by atoms with Gasteiger partial charge in [0, 0.05) is 51.8 Å². The van der Waals surface area contributed by atoms with Crippen molar-refractivity contribution in [1.29, 1.82) is 0 Å². The maximum absolute atomic E-state index is 11.9. The molecule has 19 heavy (non-hydrogen) atoms. The molecule has 1 amide bonds. The number of aliphatic hydroxyl groups excluding tert-OH is 1. The number of hydrogen-bond acceptors (Lipinski definition) is 3. The number of carbonyl (C=O) groups is 1. The van der Waals surface area contributed by atoms with Crippen molar-refractivity contribution in [3.8, 4) is 0 Å². The van der Waals surface area contributed by atoms with Crippen molar-refractivity contribution in [1.82, 2.24) is 4.90 Å². The molecular weight excluding hydrogens is 240 g/mol. The zero-order valence-electron chi connectivity index (χ0n) is 11.7. The maximum atomic E-state index is 11.9. The molecule has 104 valence electrons. The Bertz CT molecular complexity index is 422. The first-order valence-electron chi connectivity index (χ1n) is 6.75. The normalized spacial score (nSPS) is 15.2. The van der Waals surface area contributed by atoms with E-state index >= 15 is 0 Å². The highest BCUT2D eigenvalue weighted by molar-refractivity contribution is 5.77. The molecule has 0 atom stereocenters. The van der Waals surface area contributed by atoms with Crippen LogP contribution < -0.4 is 4.90 Å². The van der Waals surface area contributed by atoms with Crippen LogP contribution in [0.25, 0.3) is 0 Å². The third-order valence-corrected chi connectivity index (χ3v) is 3.65. The van der Waals surface area contributed by atoms with Crippen LogP contribution in [0, 0.1) is 5.92 Å². The number of carbonyl (C=O) groups excluding carboxylic acids is 1. The Morgan fingerprint density at radius 1 is 1.32 bits per heavy atom. The Labute approximate surface area is 114 Å². The molecule has 1 aliphatic rings. The summed E-state index contributed by atoms with van der Waals surface area (Å²) in [5.41, 5.74) is 2.36. The van der Waals surface area contributed by atoms with E-state index in [1.807, 2.05) is 19.0 Å². The second-order valence-corrected chi connectivity index (χ2v) is 5.41. The zero-order valence-corrected chi connectivity index (χ0v) is 11.7. The minimum absolute atomic E-state index is 0.190. The number of anilines is 1. The number of benzene rings is 1. The molecule has 4 heteroatoms. The lowest BCUT2D eigenvalue weighted by atomic mass is 10.00. The van der Waals surface area contributed by atoms with E-state index in [-0.39, 0.29) is 12.5 Å². The number of nitrogens with zero attached hydrogens (tertiary/aromatic N) is 2. The number of amides is 1. The number of hydrogen-bond donors (Lipinski definition) is 1. The fourth-order valence-electron chi connectivity index (χ4n) is 2.26. The molecule has 0 radical (unpaired) electrons. The molecule has 0 aliphatic carbocycles. The predicted molar refractivity (Wildman–Crippen MR) is 76.2 cm³/mol. The molecule has 1 aromatic rings. The van der Waals surface area contributed by atoms with Crippen LogP contribution in [-0.2, 0) is 11.2 Å². The van der Waals surface area contributed by atoms with Crippen LogP contribution in [0.15, 0.2) is 24.3 Å². The van der Waals surface area contributed by atoms with E-state index in [0.717, 1.165) is 19.5 Å². The van der Waals surface area contributed by atoms with E-state index in [1.54, 1.807) is 0 Å². The minimum Gasteiger partial charge on any atom is -0.396 e. The highest BCUT2D eigenvalue weighted by Gasteiger charge is 2.29. The molecule has 0 unspecified atom stereocenters. The van der Waals surface area contributed by atoms with Gasteiger partial charge in [-0.25, -0.2) is 0 Å². The third-order valence-electron chi connectivity index (χ3n) is 3.65. The molecule has 2 rings (SSSR count). The number of rotatable bonds is 5. The summed E-state index contributed by atoms with van der Waals surface area (Å²) in [7, 11) is 4.03. The first kappa shape index (κ1) is 13.9. The van der Waals surface area contributed by atoms with Gasteiger partial charge >= 0.3 is 0 Å². The largest absolute Gasteiger partial charge is 0.396 e. The van der Waals surface area contributed by atoms with Crippen molar-refractivity contribution >= 4 is 11.6 Å². The second-order valence-electron chi connectivity index (χ2n) is 5.41. The minimum atomic E-state index is 0.190. The Balaban J connectivity index is 1.77. The summed E-state index contributed by atoms with van der Waals surface area (Å²) < 4.78 is 0. The summed E-state index contributed by atoms with van der Waals surface area (Å²) in [5, 5.41) is 8.92. The molecule has 1 heterocycles. The van der Waals surface area contributed by atoms with Crippen LogP contribution >= 0.6 is 0 Å². The number of aliphatic hydroxyl groups is 1. The van der Waals surface area contributed by atoms with Gasteiger partial charge in [0.1, 0.15) is 0 Å². The number of aryl methyl sites for hydroxylation is 1. The Kier molecular flexibility index (Phi) is 4.43. The van der Waals surface area contributed by atoms with Crippen LogP contribution in [0.3, 0.4) is 0 Å². The van der Waals surface area contributed by atoms with E-state index in [2.05, 4.69) is 29.2 Å². The van der Waals surface area contributed by atoms with Crippen molar-refractivity contribution < 1.29 is 9.90 Å². The molecule has 0 aromatic heterocycles. The summed E-state index contributed by atoms with van der Waals surface area (Å²) in [6.45, 7) is 1.62. The van der Waals surface area contributed by atoms with Gasteiger partial charge in [0.05, 0.1) is 0 Å². The lowest BCUT2D eigenvalue weighted by molar-refractivity contribution is -0.138. The molecule has 1 aliphatic heterocycles. The van der Waals surface area contributed by atoms with Gasteiger partial charge in [-0.05, 0) is 24.1 Å². The van der Waals surface area contributed by atoms with Crippen LogP contribution in [0.1, 0.15) is 12.0 Å². The van der Waals surface area contributed by atoms with Gasteiger partial charge in [-0.3, -0.25) is 4.79 Å². The standard InChI is InChI=1S/C15H22N2O2/c1-16(2)14-6-3-12(4-7-14)5-8-15(19)17-9-13(10-17)11-18/h3-4,6-7,13,18H,5,8-11H2,1-2H3. The maximum Gasteiger partial charge on any atom is 0.222 e. The fourth-order valence-corrected chi connectivity index (χ4v) is 2.26. The average Bonchev–Trinajstić information content (AvgIpc) is 2.35. The lowest BCUT2D eigenvalue weighted by Gasteiger charge is -2.38. The first-order valence-corrected chi connectivity index (χ1v) is 6.75. The molecule has 0 bridgehead atoms. The van der Waals surface area contributed by atoms with Gasteiger partial charge < -0.3 is 14.9 Å². The van der Waals surface area contributed by atoms with Crippen molar-refractivity contribution in [3.63, 3.8) is 0 Å². The summed E-state index contributed by atoms with van der Waals surface area (Å²) in [5.74, 6) is 0.490.